The minimum atomic E-state index is -2.44. The summed E-state index contributed by atoms with van der Waals surface area (Å²) in [7, 11) is 1.82. The van der Waals surface area contributed by atoms with E-state index in [1.165, 1.54) is 16.7 Å². The fourth-order valence-electron chi connectivity index (χ4n) is 0.772. The number of halogens is 2. The van der Waals surface area contributed by atoms with Gasteiger partial charge in [0.2, 0.25) is 0 Å². The molecule has 68 valence electrons. The van der Waals surface area contributed by atoms with Gasteiger partial charge in [0, 0.05) is 18.3 Å². The van der Waals surface area contributed by atoms with E-state index >= 15 is 0 Å². The summed E-state index contributed by atoms with van der Waals surface area (Å²) in [6.07, 6.45) is -1.72. The molecule has 12 heavy (non-hydrogen) atoms. The summed E-state index contributed by atoms with van der Waals surface area (Å²) in [6.45, 7) is 0.774. The van der Waals surface area contributed by atoms with Crippen LogP contribution in [-0.2, 0) is 6.42 Å². The van der Waals surface area contributed by atoms with Gasteiger partial charge < -0.3 is 5.32 Å². The first-order chi connectivity index (χ1) is 5.74. The molecule has 0 aliphatic rings. The number of likely N-dealkylation sites (N-methyl/N-ethyl adjacent to an activating group) is 1. The zero-order chi connectivity index (χ0) is 8.97. The van der Waals surface area contributed by atoms with Gasteiger partial charge in [-0.05, 0) is 7.05 Å². The molecule has 0 aliphatic heterocycles. The molecule has 1 heterocycles. The van der Waals surface area contributed by atoms with Crippen molar-refractivity contribution in [3.05, 3.63) is 16.1 Å². The topological polar surface area (TPSA) is 24.9 Å². The van der Waals surface area contributed by atoms with Crippen molar-refractivity contribution < 1.29 is 8.78 Å². The third kappa shape index (κ3) is 2.49. The van der Waals surface area contributed by atoms with E-state index in [9.17, 15) is 8.78 Å². The third-order valence-corrected chi connectivity index (χ3v) is 2.31. The van der Waals surface area contributed by atoms with Crippen molar-refractivity contribution in [2.45, 2.75) is 12.8 Å². The Hall–Kier alpha value is -0.550. The Morgan fingerprint density at radius 1 is 1.67 bits per heavy atom. The summed E-state index contributed by atoms with van der Waals surface area (Å²) in [5.74, 6) is 0. The molecular weight excluding hydrogens is 182 g/mol. The Balaban J connectivity index is 2.52. The first kappa shape index (κ1) is 9.54. The predicted molar refractivity (Wildman–Crippen MR) is 44.7 cm³/mol. The normalized spacial score (nSPS) is 11.0. The Morgan fingerprint density at radius 3 is 2.92 bits per heavy atom. The molecule has 5 heteroatoms. The Bertz CT molecular complexity index is 237. The van der Waals surface area contributed by atoms with Crippen LogP contribution in [-0.4, -0.2) is 18.6 Å². The second-order valence-corrected chi connectivity index (χ2v) is 3.26. The average Bonchev–Trinajstić information content (AvgIpc) is 2.48. The highest BCUT2D eigenvalue weighted by molar-refractivity contribution is 7.09. The largest absolute Gasteiger partial charge is 0.319 e. The predicted octanol–water partition coefficient (Wildman–Crippen LogP) is 1.84. The number of alkyl halides is 2. The number of hydrogen-bond acceptors (Lipinski definition) is 3. The minimum Gasteiger partial charge on any atom is -0.319 e. The summed E-state index contributed by atoms with van der Waals surface area (Å²) in [6, 6.07) is 0. The third-order valence-electron chi connectivity index (χ3n) is 1.38. The van der Waals surface area contributed by atoms with Gasteiger partial charge in [0.25, 0.3) is 6.43 Å². The molecule has 0 radical (unpaired) electrons. The highest BCUT2D eigenvalue weighted by atomic mass is 32.1. The van der Waals surface area contributed by atoms with Gasteiger partial charge in [-0.1, -0.05) is 0 Å². The second kappa shape index (κ2) is 4.47. The van der Waals surface area contributed by atoms with Gasteiger partial charge in [-0.3, -0.25) is 0 Å². The minimum absolute atomic E-state index is 0.105. The first-order valence-corrected chi connectivity index (χ1v) is 4.49. The summed E-state index contributed by atoms with van der Waals surface area (Å²) >= 11 is 1.29. The van der Waals surface area contributed by atoms with Crippen LogP contribution in [0.2, 0.25) is 0 Å². The lowest BCUT2D eigenvalue weighted by atomic mass is 10.4. The van der Waals surface area contributed by atoms with Crippen LogP contribution in [0.1, 0.15) is 17.1 Å². The van der Waals surface area contributed by atoms with E-state index in [1.54, 1.807) is 0 Å². The number of aromatic nitrogens is 1. The lowest BCUT2D eigenvalue weighted by molar-refractivity contribution is 0.146. The molecule has 0 unspecified atom stereocenters. The summed E-state index contributed by atoms with van der Waals surface area (Å²) in [5, 5.41) is 5.11. The molecule has 0 bridgehead atoms. The van der Waals surface area contributed by atoms with E-state index < -0.39 is 6.43 Å². The highest BCUT2D eigenvalue weighted by Gasteiger charge is 2.10. The fraction of sp³-hybridized carbons (Fsp3) is 0.571. The Labute approximate surface area is 73.6 Å². The van der Waals surface area contributed by atoms with E-state index in [0.29, 0.717) is 6.42 Å². The van der Waals surface area contributed by atoms with E-state index in [-0.39, 0.29) is 5.69 Å². The van der Waals surface area contributed by atoms with Gasteiger partial charge >= 0.3 is 0 Å². The van der Waals surface area contributed by atoms with Crippen molar-refractivity contribution in [1.82, 2.24) is 10.3 Å². The quantitative estimate of drug-likeness (QED) is 0.787. The molecule has 0 aromatic carbocycles. The molecule has 0 saturated carbocycles. The Morgan fingerprint density at radius 2 is 2.42 bits per heavy atom. The molecule has 1 aromatic rings. The molecule has 0 aliphatic carbocycles. The van der Waals surface area contributed by atoms with E-state index in [2.05, 4.69) is 10.3 Å². The van der Waals surface area contributed by atoms with Crippen LogP contribution in [0.15, 0.2) is 5.38 Å². The molecule has 1 N–H and O–H groups in total. The molecule has 0 atom stereocenters. The molecule has 0 spiro atoms. The van der Waals surface area contributed by atoms with Crippen LogP contribution >= 0.6 is 11.3 Å². The monoisotopic (exact) mass is 192 g/mol. The number of nitrogens with zero attached hydrogens (tertiary/aromatic N) is 1. The van der Waals surface area contributed by atoms with Gasteiger partial charge in [-0.2, -0.15) is 0 Å². The van der Waals surface area contributed by atoms with Gasteiger partial charge in [-0.25, -0.2) is 13.8 Å². The van der Waals surface area contributed by atoms with E-state index in [1.807, 2.05) is 7.05 Å². The second-order valence-electron chi connectivity index (χ2n) is 2.32. The van der Waals surface area contributed by atoms with Crippen molar-refractivity contribution in [2.75, 3.05) is 13.6 Å². The number of thiazole rings is 1. The fourth-order valence-corrected chi connectivity index (χ4v) is 1.56. The van der Waals surface area contributed by atoms with Crippen LogP contribution in [0.5, 0.6) is 0 Å². The maximum atomic E-state index is 12.0. The molecule has 2 nitrogen and oxygen atoms in total. The molecule has 1 rings (SSSR count). The smallest absolute Gasteiger partial charge is 0.281 e. The molecule has 0 amide bonds. The van der Waals surface area contributed by atoms with Crippen molar-refractivity contribution in [2.24, 2.45) is 0 Å². The van der Waals surface area contributed by atoms with E-state index in [4.69, 9.17) is 0 Å². The van der Waals surface area contributed by atoms with Crippen LogP contribution in [0.4, 0.5) is 8.78 Å². The summed E-state index contributed by atoms with van der Waals surface area (Å²) in [4.78, 5) is 3.78. The van der Waals surface area contributed by atoms with Crippen LogP contribution in [0.25, 0.3) is 0 Å². The van der Waals surface area contributed by atoms with Gasteiger partial charge in [0.05, 0.1) is 5.01 Å². The van der Waals surface area contributed by atoms with Crippen molar-refractivity contribution in [3.8, 4) is 0 Å². The van der Waals surface area contributed by atoms with Crippen molar-refractivity contribution in [3.63, 3.8) is 0 Å². The first-order valence-electron chi connectivity index (χ1n) is 3.61. The van der Waals surface area contributed by atoms with E-state index in [0.717, 1.165) is 11.6 Å². The molecular formula is C7H10F2N2S. The van der Waals surface area contributed by atoms with Crippen LogP contribution in [0.3, 0.4) is 0 Å². The van der Waals surface area contributed by atoms with Gasteiger partial charge in [0.15, 0.2) is 0 Å². The average molecular weight is 192 g/mol. The van der Waals surface area contributed by atoms with Gasteiger partial charge in [0.1, 0.15) is 5.69 Å². The maximum Gasteiger partial charge on any atom is 0.281 e. The lowest BCUT2D eigenvalue weighted by Crippen LogP contribution is -2.10. The summed E-state index contributed by atoms with van der Waals surface area (Å²) in [5.41, 5.74) is -0.105. The zero-order valence-electron chi connectivity index (χ0n) is 6.68. The standard InChI is InChI=1S/C7H10F2N2S/c1-10-3-2-6-11-5(4-12-6)7(8)9/h4,7,10H,2-3H2,1H3. The van der Waals surface area contributed by atoms with Crippen molar-refractivity contribution >= 4 is 11.3 Å². The number of hydrogen-bond donors (Lipinski definition) is 1. The molecule has 0 fully saturated rings. The Kier molecular flexibility index (Phi) is 3.55. The number of nitrogens with one attached hydrogen (secondary N) is 1. The lowest BCUT2D eigenvalue weighted by Gasteiger charge is -1.93. The number of rotatable bonds is 4. The van der Waals surface area contributed by atoms with Gasteiger partial charge in [-0.15, -0.1) is 11.3 Å². The SMILES string of the molecule is CNCCc1nc(C(F)F)cs1. The van der Waals surface area contributed by atoms with Crippen LogP contribution in [0, 0.1) is 0 Å². The molecule has 0 saturated heterocycles. The maximum absolute atomic E-state index is 12.0. The summed E-state index contributed by atoms with van der Waals surface area (Å²) < 4.78 is 24.1. The highest BCUT2D eigenvalue weighted by Crippen LogP contribution is 2.20. The van der Waals surface area contributed by atoms with Crippen LogP contribution < -0.4 is 5.32 Å². The van der Waals surface area contributed by atoms with Crippen molar-refractivity contribution in [1.29, 1.82) is 0 Å². The molecule has 1 aromatic heterocycles. The zero-order valence-corrected chi connectivity index (χ0v) is 7.50.